The van der Waals surface area contributed by atoms with Crippen molar-refractivity contribution >= 4 is 11.7 Å². The first-order valence-corrected chi connectivity index (χ1v) is 8.04. The van der Waals surface area contributed by atoms with Gasteiger partial charge in [-0.25, -0.2) is 9.97 Å². The Morgan fingerprint density at radius 1 is 1.25 bits per heavy atom. The molecule has 0 bridgehead atoms. The first-order valence-electron chi connectivity index (χ1n) is 8.04. The third-order valence-corrected chi connectivity index (χ3v) is 4.38. The molecule has 7 heteroatoms. The molecule has 0 radical (unpaired) electrons. The van der Waals surface area contributed by atoms with Gasteiger partial charge in [-0.2, -0.15) is 0 Å². The summed E-state index contributed by atoms with van der Waals surface area (Å²) in [5, 5.41) is 6.42. The highest BCUT2D eigenvalue weighted by Gasteiger charge is 2.29. The van der Waals surface area contributed by atoms with Crippen LogP contribution in [-0.4, -0.2) is 41.2 Å². The highest BCUT2D eigenvalue weighted by atomic mass is 16.5. The normalized spacial score (nSPS) is 20.6. The molecule has 128 valence electrons. The third kappa shape index (κ3) is 3.41. The van der Waals surface area contributed by atoms with Gasteiger partial charge in [0.15, 0.2) is 0 Å². The van der Waals surface area contributed by atoms with E-state index in [9.17, 15) is 4.79 Å². The van der Waals surface area contributed by atoms with Gasteiger partial charge >= 0.3 is 0 Å². The van der Waals surface area contributed by atoms with E-state index in [4.69, 9.17) is 9.15 Å². The lowest BCUT2D eigenvalue weighted by atomic mass is 10.0. The predicted octanol–water partition coefficient (Wildman–Crippen LogP) is 1.99. The van der Waals surface area contributed by atoms with Gasteiger partial charge in [0.2, 0.25) is 0 Å². The van der Waals surface area contributed by atoms with E-state index < -0.39 is 0 Å². The van der Waals surface area contributed by atoms with E-state index in [0.29, 0.717) is 30.4 Å². The van der Waals surface area contributed by atoms with Crippen LogP contribution in [0.2, 0.25) is 0 Å². The number of nitrogens with one attached hydrogen (secondary N) is 2. The topological polar surface area (TPSA) is 89.3 Å². The Hall–Kier alpha value is -2.41. The summed E-state index contributed by atoms with van der Waals surface area (Å²) in [7, 11) is 0. The number of nitrogens with zero attached hydrogens (tertiary/aromatic N) is 2. The van der Waals surface area contributed by atoms with Gasteiger partial charge in [0.25, 0.3) is 5.91 Å². The average molecular weight is 330 g/mol. The number of rotatable bonds is 4. The summed E-state index contributed by atoms with van der Waals surface area (Å²) in [6.45, 7) is 6.72. The molecule has 24 heavy (non-hydrogen) atoms. The smallest absolute Gasteiger partial charge is 0.255 e. The molecule has 1 fully saturated rings. The van der Waals surface area contributed by atoms with Crippen LogP contribution in [-0.2, 0) is 4.74 Å². The standard InChI is InChI=1S/C17H22N4O3/c1-10-11(2)24-12(3)16(10)17(22)21-13-5-7-23-8-14(13)20-15-4-6-18-9-19-15/h4,6,9,13-14H,5,7-8H2,1-3H3,(H,21,22)(H,18,19,20)/t13-,14+/m0/s1. The maximum atomic E-state index is 12.7. The summed E-state index contributed by atoms with van der Waals surface area (Å²) in [4.78, 5) is 20.8. The van der Waals surface area contributed by atoms with Gasteiger partial charge in [0.05, 0.1) is 24.3 Å². The van der Waals surface area contributed by atoms with Crippen LogP contribution in [0.4, 0.5) is 5.82 Å². The molecule has 3 heterocycles. The molecule has 1 aliphatic rings. The minimum Gasteiger partial charge on any atom is -0.466 e. The fourth-order valence-corrected chi connectivity index (χ4v) is 2.99. The van der Waals surface area contributed by atoms with Crippen molar-refractivity contribution in [3.63, 3.8) is 0 Å². The number of furan rings is 1. The number of ether oxygens (including phenoxy) is 1. The van der Waals surface area contributed by atoms with Crippen LogP contribution in [0.5, 0.6) is 0 Å². The second-order valence-electron chi connectivity index (χ2n) is 6.00. The molecule has 0 aromatic carbocycles. The molecular formula is C17H22N4O3. The molecule has 2 atom stereocenters. The van der Waals surface area contributed by atoms with E-state index in [0.717, 1.165) is 17.7 Å². The van der Waals surface area contributed by atoms with Crippen molar-refractivity contribution in [1.29, 1.82) is 0 Å². The molecule has 2 aromatic heterocycles. The van der Waals surface area contributed by atoms with Crippen LogP contribution in [0.25, 0.3) is 0 Å². The summed E-state index contributed by atoms with van der Waals surface area (Å²) in [6.07, 6.45) is 3.90. The SMILES string of the molecule is Cc1oc(C)c(C(=O)N[C@H]2CCOC[C@H]2Nc2ccncn2)c1C. The zero-order chi connectivity index (χ0) is 17.1. The Bertz CT molecular complexity index is 714. The van der Waals surface area contributed by atoms with Crippen molar-refractivity contribution in [3.05, 3.63) is 41.2 Å². The predicted molar refractivity (Wildman–Crippen MR) is 89.1 cm³/mol. The first-order chi connectivity index (χ1) is 11.6. The number of carbonyl (C=O) groups is 1. The van der Waals surface area contributed by atoms with Crippen molar-refractivity contribution in [2.45, 2.75) is 39.3 Å². The highest BCUT2D eigenvalue weighted by Crippen LogP contribution is 2.21. The molecule has 0 aliphatic carbocycles. The van der Waals surface area contributed by atoms with E-state index in [-0.39, 0.29) is 18.0 Å². The molecule has 2 N–H and O–H groups in total. The Morgan fingerprint density at radius 3 is 2.75 bits per heavy atom. The Labute approximate surface area is 140 Å². The van der Waals surface area contributed by atoms with Crippen LogP contribution in [0.3, 0.4) is 0 Å². The van der Waals surface area contributed by atoms with Crippen LogP contribution in [0, 0.1) is 20.8 Å². The van der Waals surface area contributed by atoms with Crippen molar-refractivity contribution in [2.24, 2.45) is 0 Å². The number of hydrogen-bond acceptors (Lipinski definition) is 6. The zero-order valence-electron chi connectivity index (χ0n) is 14.1. The molecule has 2 aromatic rings. The number of aryl methyl sites for hydroxylation is 2. The molecule has 0 saturated carbocycles. The van der Waals surface area contributed by atoms with Crippen LogP contribution >= 0.6 is 0 Å². The van der Waals surface area contributed by atoms with E-state index in [1.165, 1.54) is 6.33 Å². The maximum Gasteiger partial charge on any atom is 0.255 e. The lowest BCUT2D eigenvalue weighted by molar-refractivity contribution is 0.0619. The van der Waals surface area contributed by atoms with E-state index in [2.05, 4.69) is 20.6 Å². The summed E-state index contributed by atoms with van der Waals surface area (Å²) >= 11 is 0. The maximum absolute atomic E-state index is 12.7. The van der Waals surface area contributed by atoms with Gasteiger partial charge in [-0.05, 0) is 33.3 Å². The summed E-state index contributed by atoms with van der Waals surface area (Å²) in [5.74, 6) is 2.03. The Kier molecular flexibility index (Phi) is 4.80. The second kappa shape index (κ2) is 7.00. The first kappa shape index (κ1) is 16.4. The quantitative estimate of drug-likeness (QED) is 0.891. The number of anilines is 1. The van der Waals surface area contributed by atoms with Gasteiger partial charge in [-0.3, -0.25) is 4.79 Å². The molecule has 1 aliphatic heterocycles. The molecular weight excluding hydrogens is 308 g/mol. The van der Waals surface area contributed by atoms with Gasteiger partial charge in [0, 0.05) is 18.4 Å². The van der Waals surface area contributed by atoms with Crippen LogP contribution in [0.15, 0.2) is 23.0 Å². The molecule has 1 saturated heterocycles. The lowest BCUT2D eigenvalue weighted by Gasteiger charge is -2.33. The lowest BCUT2D eigenvalue weighted by Crippen LogP contribution is -2.52. The minimum atomic E-state index is -0.108. The van der Waals surface area contributed by atoms with Gasteiger partial charge < -0.3 is 19.8 Å². The van der Waals surface area contributed by atoms with Gasteiger partial charge in [-0.1, -0.05) is 0 Å². The Balaban J connectivity index is 1.72. The number of aromatic nitrogens is 2. The molecule has 7 nitrogen and oxygen atoms in total. The fourth-order valence-electron chi connectivity index (χ4n) is 2.99. The molecule has 3 rings (SSSR count). The largest absolute Gasteiger partial charge is 0.466 e. The van der Waals surface area contributed by atoms with Crippen molar-refractivity contribution in [2.75, 3.05) is 18.5 Å². The van der Waals surface area contributed by atoms with Gasteiger partial charge in [0.1, 0.15) is 23.7 Å². The number of hydrogen-bond donors (Lipinski definition) is 2. The van der Waals surface area contributed by atoms with Crippen molar-refractivity contribution in [1.82, 2.24) is 15.3 Å². The summed E-state index contributed by atoms with van der Waals surface area (Å²) in [5.41, 5.74) is 1.51. The van der Waals surface area contributed by atoms with E-state index in [1.807, 2.05) is 20.8 Å². The van der Waals surface area contributed by atoms with Crippen LogP contribution in [0.1, 0.15) is 33.9 Å². The van der Waals surface area contributed by atoms with Crippen molar-refractivity contribution in [3.8, 4) is 0 Å². The second-order valence-corrected chi connectivity index (χ2v) is 6.00. The molecule has 0 unspecified atom stereocenters. The molecule has 1 amide bonds. The third-order valence-electron chi connectivity index (χ3n) is 4.38. The summed E-state index contributed by atoms with van der Waals surface area (Å²) in [6, 6.07) is 1.70. The molecule has 0 spiro atoms. The fraction of sp³-hybridized carbons (Fsp3) is 0.471. The number of carbonyl (C=O) groups excluding carboxylic acids is 1. The minimum absolute atomic E-state index is 0.0461. The van der Waals surface area contributed by atoms with Gasteiger partial charge in [-0.15, -0.1) is 0 Å². The Morgan fingerprint density at radius 2 is 2.08 bits per heavy atom. The zero-order valence-corrected chi connectivity index (χ0v) is 14.1. The monoisotopic (exact) mass is 330 g/mol. The van der Waals surface area contributed by atoms with E-state index in [1.54, 1.807) is 12.3 Å². The van der Waals surface area contributed by atoms with Crippen LogP contribution < -0.4 is 10.6 Å². The average Bonchev–Trinajstić information content (AvgIpc) is 2.83. The summed E-state index contributed by atoms with van der Waals surface area (Å²) < 4.78 is 11.1. The number of amides is 1. The van der Waals surface area contributed by atoms with E-state index >= 15 is 0 Å². The van der Waals surface area contributed by atoms with Crippen molar-refractivity contribution < 1.29 is 13.9 Å². The highest BCUT2D eigenvalue weighted by molar-refractivity contribution is 5.97.